The van der Waals surface area contributed by atoms with Crippen LogP contribution in [0.1, 0.15) is 32.6 Å². The number of hydrogen-bond donors (Lipinski definition) is 1. The zero-order chi connectivity index (χ0) is 13.7. The minimum absolute atomic E-state index is 0.129. The summed E-state index contributed by atoms with van der Waals surface area (Å²) in [6, 6.07) is 0. The van der Waals surface area contributed by atoms with Crippen molar-refractivity contribution in [3.63, 3.8) is 0 Å². The lowest BCUT2D eigenvalue weighted by atomic mass is 10.1. The van der Waals surface area contributed by atoms with E-state index < -0.39 is 10.0 Å². The van der Waals surface area contributed by atoms with Gasteiger partial charge in [-0.15, -0.1) is 0 Å². The number of nitrogens with one attached hydrogen (secondary N) is 1. The molecule has 7 heteroatoms. The van der Waals surface area contributed by atoms with Gasteiger partial charge in [0.2, 0.25) is 10.0 Å². The highest BCUT2D eigenvalue weighted by atomic mass is 32.2. The summed E-state index contributed by atoms with van der Waals surface area (Å²) in [7, 11) is -3.24. The topological polar surface area (TPSA) is 73.2 Å². The Labute approximate surface area is 114 Å². The van der Waals surface area contributed by atoms with E-state index in [1.165, 1.54) is 12.6 Å². The van der Waals surface area contributed by atoms with Crippen LogP contribution in [-0.2, 0) is 21.3 Å². The summed E-state index contributed by atoms with van der Waals surface area (Å²) >= 11 is 0. The molecular formula is C12H21N3O3S. The highest BCUT2D eigenvalue weighted by molar-refractivity contribution is 7.92. The van der Waals surface area contributed by atoms with Crippen LogP contribution in [0.15, 0.2) is 12.4 Å². The molecule has 2 heterocycles. The van der Waals surface area contributed by atoms with Crippen molar-refractivity contribution in [2.45, 2.75) is 45.3 Å². The largest absolute Gasteiger partial charge is 0.376 e. The minimum atomic E-state index is -3.24. The molecule has 0 saturated carbocycles. The van der Waals surface area contributed by atoms with Crippen molar-refractivity contribution in [2.75, 3.05) is 17.1 Å². The Morgan fingerprint density at radius 2 is 2.37 bits per heavy atom. The van der Waals surface area contributed by atoms with E-state index in [9.17, 15) is 8.42 Å². The molecule has 1 N–H and O–H groups in total. The molecule has 0 amide bonds. The Kier molecular flexibility index (Phi) is 4.81. The first kappa shape index (κ1) is 14.3. The van der Waals surface area contributed by atoms with Crippen LogP contribution in [-0.4, -0.2) is 36.7 Å². The number of anilines is 1. The van der Waals surface area contributed by atoms with E-state index in [1.54, 1.807) is 10.9 Å². The fourth-order valence-electron chi connectivity index (χ4n) is 2.18. The average Bonchev–Trinajstić information content (AvgIpc) is 2.76. The van der Waals surface area contributed by atoms with Crippen molar-refractivity contribution in [2.24, 2.45) is 0 Å². The molecule has 0 aromatic carbocycles. The smallest absolute Gasteiger partial charge is 0.232 e. The van der Waals surface area contributed by atoms with Crippen molar-refractivity contribution >= 4 is 15.7 Å². The number of ether oxygens (including phenoxy) is 1. The van der Waals surface area contributed by atoms with Crippen LogP contribution in [0.5, 0.6) is 0 Å². The van der Waals surface area contributed by atoms with Gasteiger partial charge in [0.1, 0.15) is 0 Å². The lowest BCUT2D eigenvalue weighted by Gasteiger charge is -2.22. The summed E-state index contributed by atoms with van der Waals surface area (Å²) in [6.07, 6.45) is 7.38. The van der Waals surface area contributed by atoms with Gasteiger partial charge in [0.05, 0.1) is 30.3 Å². The average molecular weight is 287 g/mol. The fraction of sp³-hybridized carbons (Fsp3) is 0.750. The minimum Gasteiger partial charge on any atom is -0.376 e. The van der Waals surface area contributed by atoms with E-state index in [0.29, 0.717) is 18.7 Å². The highest BCUT2D eigenvalue weighted by Crippen LogP contribution is 2.15. The van der Waals surface area contributed by atoms with Crippen LogP contribution in [0.4, 0.5) is 5.69 Å². The highest BCUT2D eigenvalue weighted by Gasteiger charge is 2.15. The summed E-state index contributed by atoms with van der Waals surface area (Å²) in [5.74, 6) is 0.129. The summed E-state index contributed by atoms with van der Waals surface area (Å²) in [5, 5.41) is 4.16. The molecule has 1 aromatic rings. The van der Waals surface area contributed by atoms with E-state index >= 15 is 0 Å². The number of rotatable bonds is 6. The molecule has 0 radical (unpaired) electrons. The van der Waals surface area contributed by atoms with Gasteiger partial charge >= 0.3 is 0 Å². The van der Waals surface area contributed by atoms with Gasteiger partial charge in [-0.25, -0.2) is 8.42 Å². The predicted octanol–water partition coefficient (Wildman–Crippen LogP) is 1.60. The van der Waals surface area contributed by atoms with Gasteiger partial charge in [-0.1, -0.05) is 6.92 Å². The standard InChI is InChI=1S/C12H21N3O3S/c1-2-7-19(16,17)14-11-8-13-15(9-11)10-12-5-3-4-6-18-12/h8-9,12,14H,2-7,10H2,1H3/t12-/m1/s1. The molecule has 6 nitrogen and oxygen atoms in total. The third-order valence-electron chi connectivity index (χ3n) is 3.04. The number of sulfonamides is 1. The normalized spacial score (nSPS) is 20.4. The fourth-order valence-corrected chi connectivity index (χ4v) is 3.28. The zero-order valence-electron chi connectivity index (χ0n) is 11.2. The number of nitrogens with zero attached hydrogens (tertiary/aromatic N) is 2. The lowest BCUT2D eigenvalue weighted by Crippen LogP contribution is -2.24. The number of aromatic nitrogens is 2. The first-order valence-electron chi connectivity index (χ1n) is 6.73. The third-order valence-corrected chi connectivity index (χ3v) is 4.54. The molecule has 1 aliphatic heterocycles. The zero-order valence-corrected chi connectivity index (χ0v) is 12.0. The van der Waals surface area contributed by atoms with E-state index in [4.69, 9.17) is 4.74 Å². The summed E-state index contributed by atoms with van der Waals surface area (Å²) < 4.78 is 33.1. The second-order valence-corrected chi connectivity index (χ2v) is 6.70. The van der Waals surface area contributed by atoms with Crippen LogP contribution in [0, 0.1) is 0 Å². The Morgan fingerprint density at radius 3 is 3.05 bits per heavy atom. The van der Waals surface area contributed by atoms with Gasteiger partial charge in [0, 0.05) is 12.8 Å². The molecule has 1 aromatic heterocycles. The molecule has 108 valence electrons. The van der Waals surface area contributed by atoms with E-state index in [1.807, 2.05) is 6.92 Å². The maximum Gasteiger partial charge on any atom is 0.232 e. The van der Waals surface area contributed by atoms with Gasteiger partial charge in [-0.3, -0.25) is 9.40 Å². The van der Waals surface area contributed by atoms with Crippen molar-refractivity contribution in [3.8, 4) is 0 Å². The molecule has 1 aliphatic rings. The van der Waals surface area contributed by atoms with Gasteiger partial charge in [0.15, 0.2) is 0 Å². The second kappa shape index (κ2) is 6.38. The number of hydrogen-bond acceptors (Lipinski definition) is 4. The maximum atomic E-state index is 11.6. The van der Waals surface area contributed by atoms with E-state index in [-0.39, 0.29) is 11.9 Å². The SMILES string of the molecule is CCCS(=O)(=O)Nc1cnn(C[C@H]2CCCCO2)c1. The van der Waals surface area contributed by atoms with Gasteiger partial charge in [-0.2, -0.15) is 5.10 Å². The summed E-state index contributed by atoms with van der Waals surface area (Å²) in [4.78, 5) is 0. The first-order valence-corrected chi connectivity index (χ1v) is 8.39. The second-order valence-electron chi connectivity index (χ2n) is 4.86. The first-order chi connectivity index (χ1) is 9.09. The van der Waals surface area contributed by atoms with Crippen LogP contribution < -0.4 is 4.72 Å². The van der Waals surface area contributed by atoms with Crippen molar-refractivity contribution < 1.29 is 13.2 Å². The molecule has 19 heavy (non-hydrogen) atoms. The van der Waals surface area contributed by atoms with E-state index in [0.717, 1.165) is 19.4 Å². The van der Waals surface area contributed by atoms with Crippen LogP contribution in [0.25, 0.3) is 0 Å². The molecule has 2 rings (SSSR count). The Bertz CT molecular complexity index is 492. The maximum absolute atomic E-state index is 11.6. The van der Waals surface area contributed by atoms with Gasteiger partial charge in [0.25, 0.3) is 0 Å². The summed E-state index contributed by atoms with van der Waals surface area (Å²) in [6.45, 7) is 3.32. The molecular weight excluding hydrogens is 266 g/mol. The predicted molar refractivity (Wildman–Crippen MR) is 73.5 cm³/mol. The van der Waals surface area contributed by atoms with Crippen molar-refractivity contribution in [3.05, 3.63) is 12.4 Å². The third kappa shape index (κ3) is 4.50. The monoisotopic (exact) mass is 287 g/mol. The molecule has 0 aliphatic carbocycles. The van der Waals surface area contributed by atoms with E-state index in [2.05, 4.69) is 9.82 Å². The van der Waals surface area contributed by atoms with Crippen LogP contribution in [0.2, 0.25) is 0 Å². The van der Waals surface area contributed by atoms with Crippen molar-refractivity contribution in [1.82, 2.24) is 9.78 Å². The molecule has 1 saturated heterocycles. The van der Waals surface area contributed by atoms with Gasteiger partial charge in [-0.05, 0) is 25.7 Å². The molecule has 0 spiro atoms. The molecule has 1 fully saturated rings. The Balaban J connectivity index is 1.91. The Morgan fingerprint density at radius 1 is 1.53 bits per heavy atom. The van der Waals surface area contributed by atoms with Crippen LogP contribution in [0.3, 0.4) is 0 Å². The molecule has 0 unspecified atom stereocenters. The van der Waals surface area contributed by atoms with Crippen molar-refractivity contribution in [1.29, 1.82) is 0 Å². The summed E-state index contributed by atoms with van der Waals surface area (Å²) in [5.41, 5.74) is 0.518. The molecule has 1 atom stereocenters. The Hall–Kier alpha value is -1.08. The lowest BCUT2D eigenvalue weighted by molar-refractivity contribution is 0.00401. The molecule has 0 bridgehead atoms. The van der Waals surface area contributed by atoms with Gasteiger partial charge < -0.3 is 4.74 Å². The van der Waals surface area contributed by atoms with Crippen LogP contribution >= 0.6 is 0 Å². The quantitative estimate of drug-likeness (QED) is 0.862.